The first-order valence-corrected chi connectivity index (χ1v) is 6.57. The summed E-state index contributed by atoms with van der Waals surface area (Å²) >= 11 is 0. The third-order valence-corrected chi connectivity index (χ3v) is 3.06. The summed E-state index contributed by atoms with van der Waals surface area (Å²) < 4.78 is 11.0. The van der Waals surface area contributed by atoms with E-state index in [0.717, 1.165) is 6.42 Å². The molecule has 2 aromatic carbocycles. The first-order valence-electron chi connectivity index (χ1n) is 6.57. The van der Waals surface area contributed by atoms with Crippen molar-refractivity contribution < 1.29 is 14.7 Å². The van der Waals surface area contributed by atoms with Gasteiger partial charge in [0.05, 0.1) is 13.7 Å². The third kappa shape index (κ3) is 3.89. The Morgan fingerprint density at radius 1 is 1.14 bits per heavy atom. The zero-order chi connectivity index (χ0) is 15.1. The van der Waals surface area contributed by atoms with Crippen molar-refractivity contribution in [2.75, 3.05) is 13.7 Å². The van der Waals surface area contributed by atoms with Crippen LogP contribution in [0, 0.1) is 0 Å². The molecule has 0 aliphatic carbocycles. The summed E-state index contributed by atoms with van der Waals surface area (Å²) in [6.07, 6.45) is 0.811. The van der Waals surface area contributed by atoms with Crippen LogP contribution in [0.25, 0.3) is 0 Å². The van der Waals surface area contributed by atoms with Gasteiger partial charge in [0.15, 0.2) is 17.3 Å². The summed E-state index contributed by atoms with van der Waals surface area (Å²) in [4.78, 5) is 0. The highest BCUT2D eigenvalue weighted by molar-refractivity contribution is 5.97. The zero-order valence-electron chi connectivity index (χ0n) is 11.8. The number of benzene rings is 2. The minimum absolute atomic E-state index is 0.0316. The van der Waals surface area contributed by atoms with Crippen LogP contribution in [0.1, 0.15) is 11.1 Å². The predicted octanol–water partition coefficient (Wildman–Crippen LogP) is 2.41. The molecule has 0 spiro atoms. The molecular formula is C16H18N2O3. The van der Waals surface area contributed by atoms with Gasteiger partial charge in [-0.05, 0) is 23.8 Å². The predicted molar refractivity (Wildman–Crippen MR) is 81.1 cm³/mol. The molecule has 0 unspecified atom stereocenters. The summed E-state index contributed by atoms with van der Waals surface area (Å²) in [5.41, 5.74) is 7.33. The second-order valence-electron chi connectivity index (χ2n) is 4.43. The van der Waals surface area contributed by atoms with Crippen molar-refractivity contribution in [3.8, 4) is 11.5 Å². The van der Waals surface area contributed by atoms with Crippen molar-refractivity contribution >= 4 is 5.84 Å². The molecule has 0 amide bonds. The van der Waals surface area contributed by atoms with E-state index in [1.54, 1.807) is 25.3 Å². The van der Waals surface area contributed by atoms with E-state index in [1.165, 1.54) is 5.56 Å². The molecule has 110 valence electrons. The fraction of sp³-hybridized carbons (Fsp3) is 0.188. The smallest absolute Gasteiger partial charge is 0.170 e. The van der Waals surface area contributed by atoms with Gasteiger partial charge in [0.1, 0.15) is 0 Å². The van der Waals surface area contributed by atoms with Gasteiger partial charge in [0.25, 0.3) is 0 Å². The number of nitrogens with two attached hydrogens (primary N) is 1. The number of nitrogens with zero attached hydrogens (tertiary/aromatic N) is 1. The molecule has 3 N–H and O–H groups in total. The Bertz CT molecular complexity index is 612. The Balaban J connectivity index is 2.03. The van der Waals surface area contributed by atoms with Crippen molar-refractivity contribution in [2.45, 2.75) is 6.42 Å². The minimum atomic E-state index is 0.0316. The molecule has 0 bridgehead atoms. The first kappa shape index (κ1) is 14.7. The third-order valence-electron chi connectivity index (χ3n) is 3.06. The minimum Gasteiger partial charge on any atom is -0.493 e. The molecule has 0 atom stereocenters. The largest absolute Gasteiger partial charge is 0.493 e. The van der Waals surface area contributed by atoms with Crippen LogP contribution in [-0.4, -0.2) is 24.8 Å². The van der Waals surface area contributed by atoms with Crippen LogP contribution in [0.3, 0.4) is 0 Å². The summed E-state index contributed by atoms with van der Waals surface area (Å²) in [5, 5.41) is 11.6. The van der Waals surface area contributed by atoms with E-state index in [0.29, 0.717) is 23.7 Å². The lowest BCUT2D eigenvalue weighted by atomic mass is 10.1. The van der Waals surface area contributed by atoms with Gasteiger partial charge in [-0.3, -0.25) is 0 Å². The van der Waals surface area contributed by atoms with E-state index < -0.39 is 0 Å². The lowest BCUT2D eigenvalue weighted by Crippen LogP contribution is -2.13. The normalized spacial score (nSPS) is 11.2. The molecule has 0 fully saturated rings. The molecule has 0 heterocycles. The molecule has 0 saturated heterocycles. The van der Waals surface area contributed by atoms with Crippen LogP contribution in [-0.2, 0) is 6.42 Å². The Kier molecular flexibility index (Phi) is 5.04. The van der Waals surface area contributed by atoms with E-state index in [2.05, 4.69) is 17.3 Å². The topological polar surface area (TPSA) is 77.1 Å². The lowest BCUT2D eigenvalue weighted by molar-refractivity contribution is 0.297. The van der Waals surface area contributed by atoms with Gasteiger partial charge in [-0.2, -0.15) is 0 Å². The van der Waals surface area contributed by atoms with E-state index in [-0.39, 0.29) is 5.84 Å². The van der Waals surface area contributed by atoms with Crippen LogP contribution < -0.4 is 15.2 Å². The molecule has 2 rings (SSSR count). The van der Waals surface area contributed by atoms with Gasteiger partial charge >= 0.3 is 0 Å². The van der Waals surface area contributed by atoms with E-state index in [1.807, 2.05) is 18.2 Å². The van der Waals surface area contributed by atoms with Gasteiger partial charge in [-0.1, -0.05) is 35.5 Å². The van der Waals surface area contributed by atoms with Crippen LogP contribution in [0.15, 0.2) is 53.7 Å². The van der Waals surface area contributed by atoms with Crippen LogP contribution in [0.5, 0.6) is 11.5 Å². The average Bonchev–Trinajstić information content (AvgIpc) is 2.55. The number of methoxy groups -OCH3 is 1. The molecule has 0 aliphatic rings. The van der Waals surface area contributed by atoms with Crippen LogP contribution in [0.4, 0.5) is 0 Å². The highest BCUT2D eigenvalue weighted by atomic mass is 16.5. The maximum absolute atomic E-state index is 8.68. The zero-order valence-corrected chi connectivity index (χ0v) is 11.8. The first-order chi connectivity index (χ1) is 10.2. The van der Waals surface area contributed by atoms with Crippen molar-refractivity contribution in [2.24, 2.45) is 10.9 Å². The highest BCUT2D eigenvalue weighted by Crippen LogP contribution is 2.28. The van der Waals surface area contributed by atoms with Crippen molar-refractivity contribution in [1.82, 2.24) is 0 Å². The quantitative estimate of drug-likeness (QED) is 0.370. The SMILES string of the molecule is COc1cc(/C(N)=N/O)ccc1OCCc1ccccc1. The van der Waals surface area contributed by atoms with Crippen molar-refractivity contribution in [1.29, 1.82) is 0 Å². The van der Waals surface area contributed by atoms with E-state index in [9.17, 15) is 0 Å². The van der Waals surface area contributed by atoms with Gasteiger partial charge in [0.2, 0.25) is 0 Å². The number of rotatable bonds is 6. The second kappa shape index (κ2) is 7.19. The van der Waals surface area contributed by atoms with E-state index in [4.69, 9.17) is 20.4 Å². The molecule has 0 aromatic heterocycles. The Morgan fingerprint density at radius 2 is 1.90 bits per heavy atom. The standard InChI is InChI=1S/C16H18N2O3/c1-20-15-11-13(16(17)18-19)7-8-14(15)21-10-9-12-5-3-2-4-6-12/h2-8,11,19H,9-10H2,1H3,(H2,17,18). The molecular weight excluding hydrogens is 268 g/mol. The molecule has 0 radical (unpaired) electrons. The summed E-state index contributed by atoms with van der Waals surface area (Å²) in [6.45, 7) is 0.545. The lowest BCUT2D eigenvalue weighted by Gasteiger charge is -2.12. The number of oxime groups is 1. The molecule has 5 nitrogen and oxygen atoms in total. The number of ether oxygens (including phenoxy) is 2. The number of hydrogen-bond acceptors (Lipinski definition) is 4. The van der Waals surface area contributed by atoms with E-state index >= 15 is 0 Å². The van der Waals surface area contributed by atoms with Gasteiger partial charge in [-0.25, -0.2) is 0 Å². The van der Waals surface area contributed by atoms with Gasteiger partial charge in [-0.15, -0.1) is 0 Å². The number of hydrogen-bond donors (Lipinski definition) is 2. The van der Waals surface area contributed by atoms with Crippen LogP contribution >= 0.6 is 0 Å². The maximum atomic E-state index is 8.68. The molecule has 2 aromatic rings. The molecule has 21 heavy (non-hydrogen) atoms. The fourth-order valence-corrected chi connectivity index (χ4v) is 1.93. The molecule has 0 saturated carbocycles. The van der Waals surface area contributed by atoms with Crippen LogP contribution in [0.2, 0.25) is 0 Å². The van der Waals surface area contributed by atoms with Gasteiger partial charge in [0, 0.05) is 12.0 Å². The Labute approximate surface area is 123 Å². The van der Waals surface area contributed by atoms with Crippen molar-refractivity contribution in [3.63, 3.8) is 0 Å². The molecule has 5 heteroatoms. The average molecular weight is 286 g/mol. The fourth-order valence-electron chi connectivity index (χ4n) is 1.93. The van der Waals surface area contributed by atoms with Crippen molar-refractivity contribution in [3.05, 3.63) is 59.7 Å². The highest BCUT2D eigenvalue weighted by Gasteiger charge is 2.08. The monoisotopic (exact) mass is 286 g/mol. The molecule has 0 aliphatic heterocycles. The maximum Gasteiger partial charge on any atom is 0.170 e. The summed E-state index contributed by atoms with van der Waals surface area (Å²) in [6, 6.07) is 15.2. The Morgan fingerprint density at radius 3 is 2.57 bits per heavy atom. The number of amidine groups is 1. The second-order valence-corrected chi connectivity index (χ2v) is 4.43. The van der Waals surface area contributed by atoms with Gasteiger partial charge < -0.3 is 20.4 Å². The summed E-state index contributed by atoms with van der Waals surface area (Å²) in [7, 11) is 1.55. The summed E-state index contributed by atoms with van der Waals surface area (Å²) in [5.74, 6) is 1.21. The Hall–Kier alpha value is -2.69.